The molecule has 2 aromatic rings. The molecule has 0 fully saturated rings. The number of hydrogen-bond acceptors (Lipinski definition) is 5. The fourth-order valence-corrected chi connectivity index (χ4v) is 1.91. The third-order valence-corrected chi connectivity index (χ3v) is 2.76. The van der Waals surface area contributed by atoms with E-state index in [4.69, 9.17) is 5.11 Å². The smallest absolute Gasteiger partial charge is 0.311 e. The van der Waals surface area contributed by atoms with Crippen molar-refractivity contribution in [2.45, 2.75) is 6.42 Å². The van der Waals surface area contributed by atoms with E-state index in [-0.39, 0.29) is 23.0 Å². The van der Waals surface area contributed by atoms with Crippen LogP contribution < -0.4 is 0 Å². The van der Waals surface area contributed by atoms with Crippen molar-refractivity contribution in [1.82, 2.24) is 9.36 Å². The highest BCUT2D eigenvalue weighted by atomic mass is 32.1. The van der Waals surface area contributed by atoms with Gasteiger partial charge in [0.15, 0.2) is 10.8 Å². The highest BCUT2D eigenvalue weighted by molar-refractivity contribution is 7.07. The molecular weight excluding hydrogens is 240 g/mol. The van der Waals surface area contributed by atoms with Gasteiger partial charge in [0, 0.05) is 5.56 Å². The average molecular weight is 248 g/mol. The van der Waals surface area contributed by atoms with Gasteiger partial charge in [-0.2, -0.15) is 4.37 Å². The summed E-state index contributed by atoms with van der Waals surface area (Å²) in [5.41, 5.74) is 0.519. The SMILES string of the molecule is O=C(O)Cc1nsc(C(=O)c2ccccc2)n1. The summed E-state index contributed by atoms with van der Waals surface area (Å²) in [6, 6.07) is 8.69. The van der Waals surface area contributed by atoms with Gasteiger partial charge in [-0.05, 0) is 11.5 Å². The molecule has 1 aromatic carbocycles. The van der Waals surface area contributed by atoms with E-state index in [1.54, 1.807) is 24.3 Å². The molecule has 0 saturated heterocycles. The number of ketones is 1. The van der Waals surface area contributed by atoms with Gasteiger partial charge in [0.25, 0.3) is 0 Å². The van der Waals surface area contributed by atoms with Crippen LogP contribution in [0.4, 0.5) is 0 Å². The number of benzene rings is 1. The van der Waals surface area contributed by atoms with Crippen molar-refractivity contribution in [3.05, 3.63) is 46.7 Å². The Morgan fingerprint density at radius 2 is 1.94 bits per heavy atom. The second-order valence-electron chi connectivity index (χ2n) is 3.28. The van der Waals surface area contributed by atoms with Crippen molar-refractivity contribution < 1.29 is 14.7 Å². The van der Waals surface area contributed by atoms with Gasteiger partial charge in [-0.15, -0.1) is 0 Å². The summed E-state index contributed by atoms with van der Waals surface area (Å²) in [4.78, 5) is 26.3. The minimum absolute atomic E-state index is 0.168. The van der Waals surface area contributed by atoms with E-state index in [1.807, 2.05) is 6.07 Å². The second-order valence-corrected chi connectivity index (χ2v) is 4.03. The molecule has 86 valence electrons. The molecule has 1 aromatic heterocycles. The number of carbonyl (C=O) groups is 2. The van der Waals surface area contributed by atoms with Gasteiger partial charge in [-0.1, -0.05) is 30.3 Å². The normalized spacial score (nSPS) is 10.1. The topological polar surface area (TPSA) is 80.1 Å². The van der Waals surface area contributed by atoms with Crippen molar-refractivity contribution in [2.24, 2.45) is 0 Å². The molecule has 6 heteroatoms. The maximum Gasteiger partial charge on any atom is 0.311 e. The fourth-order valence-electron chi connectivity index (χ4n) is 1.27. The third-order valence-electron chi connectivity index (χ3n) is 2.01. The van der Waals surface area contributed by atoms with E-state index in [1.165, 1.54) is 0 Å². The lowest BCUT2D eigenvalue weighted by Gasteiger charge is -1.94. The molecule has 17 heavy (non-hydrogen) atoms. The molecule has 0 aliphatic heterocycles. The largest absolute Gasteiger partial charge is 0.481 e. The number of aliphatic carboxylic acids is 1. The maximum absolute atomic E-state index is 11.9. The Bertz CT molecular complexity index is 551. The molecule has 5 nitrogen and oxygen atoms in total. The van der Waals surface area contributed by atoms with Crippen molar-refractivity contribution >= 4 is 23.3 Å². The zero-order chi connectivity index (χ0) is 12.3. The number of rotatable bonds is 4. The number of aromatic nitrogens is 2. The molecule has 0 spiro atoms. The Labute approximate surface area is 101 Å². The Morgan fingerprint density at radius 1 is 1.24 bits per heavy atom. The van der Waals surface area contributed by atoms with Crippen LogP contribution >= 0.6 is 11.5 Å². The van der Waals surface area contributed by atoms with Crippen LogP contribution in [0.1, 0.15) is 21.2 Å². The average Bonchev–Trinajstić information content (AvgIpc) is 2.77. The number of carboxylic acid groups (broad SMARTS) is 1. The maximum atomic E-state index is 11.9. The molecule has 1 heterocycles. The van der Waals surface area contributed by atoms with Crippen molar-refractivity contribution in [3.63, 3.8) is 0 Å². The zero-order valence-electron chi connectivity index (χ0n) is 8.66. The molecule has 0 aliphatic carbocycles. The molecular formula is C11H8N2O3S. The monoisotopic (exact) mass is 248 g/mol. The summed E-state index contributed by atoms with van der Waals surface area (Å²) in [6.07, 6.45) is -0.265. The summed E-state index contributed by atoms with van der Waals surface area (Å²) in [5, 5.41) is 8.79. The predicted octanol–water partition coefficient (Wildman–Crippen LogP) is 1.40. The van der Waals surface area contributed by atoms with E-state index >= 15 is 0 Å². The van der Waals surface area contributed by atoms with E-state index in [9.17, 15) is 9.59 Å². The van der Waals surface area contributed by atoms with Crippen LogP contribution in [0.2, 0.25) is 0 Å². The molecule has 0 radical (unpaired) electrons. The van der Waals surface area contributed by atoms with Crippen LogP contribution in [0, 0.1) is 0 Å². The van der Waals surface area contributed by atoms with Crippen LogP contribution in [0.3, 0.4) is 0 Å². The summed E-state index contributed by atoms with van der Waals surface area (Å²) in [7, 11) is 0. The van der Waals surface area contributed by atoms with Crippen molar-refractivity contribution in [1.29, 1.82) is 0 Å². The number of nitrogens with zero attached hydrogens (tertiary/aromatic N) is 2. The van der Waals surface area contributed by atoms with Gasteiger partial charge >= 0.3 is 5.97 Å². The minimum Gasteiger partial charge on any atom is -0.481 e. The first-order chi connectivity index (χ1) is 8.16. The molecule has 2 rings (SSSR count). The van der Waals surface area contributed by atoms with Gasteiger partial charge in [0.2, 0.25) is 5.78 Å². The summed E-state index contributed by atoms with van der Waals surface area (Å²) < 4.78 is 3.83. The molecule has 0 saturated carbocycles. The first-order valence-corrected chi connectivity index (χ1v) is 5.58. The Balaban J connectivity index is 2.21. The highest BCUT2D eigenvalue weighted by Gasteiger charge is 2.15. The highest BCUT2D eigenvalue weighted by Crippen LogP contribution is 2.12. The Morgan fingerprint density at radius 3 is 2.59 bits per heavy atom. The second kappa shape index (κ2) is 4.84. The third kappa shape index (κ3) is 2.73. The van der Waals surface area contributed by atoms with Gasteiger partial charge in [-0.3, -0.25) is 9.59 Å². The first kappa shape index (κ1) is 11.4. The first-order valence-electron chi connectivity index (χ1n) is 4.81. The van der Waals surface area contributed by atoms with Crippen molar-refractivity contribution in [3.8, 4) is 0 Å². The van der Waals surface area contributed by atoms with E-state index < -0.39 is 5.97 Å². The standard InChI is InChI=1S/C11H8N2O3S/c14-9(15)6-8-12-11(17-13-8)10(16)7-4-2-1-3-5-7/h1-5H,6H2,(H,14,15). The number of carbonyl (C=O) groups excluding carboxylic acids is 1. The van der Waals surface area contributed by atoms with Crippen LogP contribution in [-0.4, -0.2) is 26.2 Å². The van der Waals surface area contributed by atoms with Crippen LogP contribution in [0.25, 0.3) is 0 Å². The molecule has 0 bridgehead atoms. The van der Waals surface area contributed by atoms with Gasteiger partial charge in [-0.25, -0.2) is 4.98 Å². The lowest BCUT2D eigenvalue weighted by molar-refractivity contribution is -0.136. The van der Waals surface area contributed by atoms with E-state index in [2.05, 4.69) is 9.36 Å². The zero-order valence-corrected chi connectivity index (χ0v) is 9.48. The van der Waals surface area contributed by atoms with E-state index in [0.29, 0.717) is 5.56 Å². The Hall–Kier alpha value is -2.08. The number of hydrogen-bond donors (Lipinski definition) is 1. The summed E-state index contributed by atoms with van der Waals surface area (Å²) in [6.45, 7) is 0. The molecule has 0 unspecified atom stereocenters. The van der Waals surface area contributed by atoms with Crippen LogP contribution in [-0.2, 0) is 11.2 Å². The molecule has 0 atom stereocenters. The predicted molar refractivity (Wildman–Crippen MR) is 61.1 cm³/mol. The van der Waals surface area contributed by atoms with Crippen LogP contribution in [0.5, 0.6) is 0 Å². The van der Waals surface area contributed by atoms with Gasteiger partial charge < -0.3 is 5.11 Å². The Kier molecular flexibility index (Phi) is 3.24. The number of carboxylic acids is 1. The van der Waals surface area contributed by atoms with Crippen molar-refractivity contribution in [2.75, 3.05) is 0 Å². The lowest BCUT2D eigenvalue weighted by Crippen LogP contribution is -2.04. The lowest BCUT2D eigenvalue weighted by atomic mass is 10.1. The molecule has 0 amide bonds. The fraction of sp³-hybridized carbons (Fsp3) is 0.0909. The van der Waals surface area contributed by atoms with Gasteiger partial charge in [0.1, 0.15) is 6.42 Å². The van der Waals surface area contributed by atoms with Gasteiger partial charge in [0.05, 0.1) is 0 Å². The molecule has 0 aliphatic rings. The van der Waals surface area contributed by atoms with E-state index in [0.717, 1.165) is 11.5 Å². The minimum atomic E-state index is -1.01. The summed E-state index contributed by atoms with van der Waals surface area (Å²) in [5.74, 6) is -1.08. The summed E-state index contributed by atoms with van der Waals surface area (Å²) >= 11 is 0.920. The van der Waals surface area contributed by atoms with Crippen LogP contribution in [0.15, 0.2) is 30.3 Å². The quantitative estimate of drug-likeness (QED) is 0.827. The molecule has 1 N–H and O–H groups in total.